The molecule has 2 fully saturated rings. The van der Waals surface area contributed by atoms with Crippen molar-refractivity contribution in [2.75, 3.05) is 6.54 Å². The lowest BCUT2D eigenvalue weighted by Gasteiger charge is -2.29. The van der Waals surface area contributed by atoms with Gasteiger partial charge in [-0.05, 0) is 32.1 Å². The van der Waals surface area contributed by atoms with Gasteiger partial charge in [-0.1, -0.05) is 0 Å². The summed E-state index contributed by atoms with van der Waals surface area (Å²) in [7, 11) is 0. The Balaban J connectivity index is 1.91. The molecule has 0 aromatic heterocycles. The van der Waals surface area contributed by atoms with Gasteiger partial charge in [0.05, 0.1) is 11.7 Å². The number of hydrogen-bond acceptors (Lipinski definition) is 2. The first kappa shape index (κ1) is 6.62. The Morgan fingerprint density at radius 2 is 2.20 bits per heavy atom. The Morgan fingerprint density at radius 1 is 1.40 bits per heavy atom. The maximum Gasteiger partial charge on any atom is 0.0704 e. The van der Waals surface area contributed by atoms with E-state index in [9.17, 15) is 0 Å². The summed E-state index contributed by atoms with van der Waals surface area (Å²) in [6.07, 6.45) is 6.72. The molecule has 1 spiro atoms. The highest BCUT2D eigenvalue weighted by Gasteiger charge is 2.46. The minimum Gasteiger partial charge on any atom is -0.370 e. The van der Waals surface area contributed by atoms with Crippen LogP contribution in [0.25, 0.3) is 0 Å². The van der Waals surface area contributed by atoms with E-state index in [4.69, 9.17) is 10.5 Å². The average molecular weight is 141 g/mol. The van der Waals surface area contributed by atoms with Crippen LogP contribution in [0.5, 0.6) is 0 Å². The maximum absolute atomic E-state index is 5.81. The molecule has 1 aliphatic carbocycles. The molecule has 2 N–H and O–H groups in total. The monoisotopic (exact) mass is 141 g/mol. The molecule has 1 unspecified atom stereocenters. The van der Waals surface area contributed by atoms with Gasteiger partial charge in [-0.2, -0.15) is 0 Å². The smallest absolute Gasteiger partial charge is 0.0704 e. The highest BCUT2D eigenvalue weighted by atomic mass is 16.5. The van der Waals surface area contributed by atoms with Crippen LogP contribution >= 0.6 is 0 Å². The van der Waals surface area contributed by atoms with Gasteiger partial charge < -0.3 is 10.5 Å². The molecule has 0 aromatic carbocycles. The van der Waals surface area contributed by atoms with Crippen molar-refractivity contribution < 1.29 is 4.74 Å². The number of rotatable bonds is 1. The maximum atomic E-state index is 5.81. The molecule has 2 nitrogen and oxygen atoms in total. The molecule has 1 atom stereocenters. The highest BCUT2D eigenvalue weighted by molar-refractivity contribution is 4.98. The van der Waals surface area contributed by atoms with Crippen LogP contribution in [0.3, 0.4) is 0 Å². The Bertz CT molecular complexity index is 131. The summed E-state index contributed by atoms with van der Waals surface area (Å²) in [5.74, 6) is 0. The van der Waals surface area contributed by atoms with E-state index in [1.807, 2.05) is 0 Å². The van der Waals surface area contributed by atoms with Crippen LogP contribution in [-0.4, -0.2) is 18.2 Å². The van der Waals surface area contributed by atoms with Gasteiger partial charge in [0.1, 0.15) is 0 Å². The van der Waals surface area contributed by atoms with Gasteiger partial charge in [-0.25, -0.2) is 0 Å². The highest BCUT2D eigenvalue weighted by Crippen LogP contribution is 2.47. The van der Waals surface area contributed by atoms with Crippen LogP contribution in [0.4, 0.5) is 0 Å². The zero-order chi connectivity index (χ0) is 7.03. The topological polar surface area (TPSA) is 35.2 Å². The van der Waals surface area contributed by atoms with Gasteiger partial charge in [0, 0.05) is 6.54 Å². The molecule has 2 aliphatic rings. The van der Waals surface area contributed by atoms with Crippen molar-refractivity contribution in [3.05, 3.63) is 0 Å². The number of hydrogen-bond donors (Lipinski definition) is 1. The van der Waals surface area contributed by atoms with E-state index < -0.39 is 0 Å². The molecular weight excluding hydrogens is 126 g/mol. The quantitative estimate of drug-likeness (QED) is 0.592. The molecule has 0 amide bonds. The van der Waals surface area contributed by atoms with Gasteiger partial charge >= 0.3 is 0 Å². The predicted molar refractivity (Wildman–Crippen MR) is 39.7 cm³/mol. The summed E-state index contributed by atoms with van der Waals surface area (Å²) in [5.41, 5.74) is 5.85. The first-order valence-electron chi connectivity index (χ1n) is 4.23. The van der Waals surface area contributed by atoms with Gasteiger partial charge in [0.25, 0.3) is 0 Å². The third kappa shape index (κ3) is 1.06. The van der Waals surface area contributed by atoms with Crippen LogP contribution in [0.15, 0.2) is 0 Å². The minimum atomic E-state index is 0.322. The molecule has 0 aromatic rings. The standard InChI is InChI=1S/C8H15NO/c9-6-7-2-1-3-8(10-7)4-5-8/h7H,1-6,9H2. The van der Waals surface area contributed by atoms with Crippen molar-refractivity contribution in [1.29, 1.82) is 0 Å². The van der Waals surface area contributed by atoms with Gasteiger partial charge in [-0.3, -0.25) is 0 Å². The van der Waals surface area contributed by atoms with E-state index in [-0.39, 0.29) is 0 Å². The van der Waals surface area contributed by atoms with Crippen LogP contribution in [-0.2, 0) is 4.74 Å². The fourth-order valence-corrected chi connectivity index (χ4v) is 1.80. The Morgan fingerprint density at radius 3 is 2.80 bits per heavy atom. The fraction of sp³-hybridized carbons (Fsp3) is 1.00. The molecular formula is C8H15NO. The van der Waals surface area contributed by atoms with Crippen molar-refractivity contribution in [2.24, 2.45) is 5.73 Å². The van der Waals surface area contributed by atoms with Gasteiger partial charge in [0.15, 0.2) is 0 Å². The van der Waals surface area contributed by atoms with Crippen LogP contribution in [0.2, 0.25) is 0 Å². The lowest BCUT2D eigenvalue weighted by molar-refractivity contribution is -0.0620. The van der Waals surface area contributed by atoms with Crippen LogP contribution in [0, 0.1) is 0 Å². The lowest BCUT2D eigenvalue weighted by atomic mass is 10.0. The van der Waals surface area contributed by atoms with Crippen LogP contribution < -0.4 is 5.73 Å². The van der Waals surface area contributed by atoms with Crippen molar-refractivity contribution in [2.45, 2.75) is 43.8 Å². The molecule has 1 saturated carbocycles. The molecule has 1 heterocycles. The summed E-state index contributed by atoms with van der Waals surface area (Å²) < 4.78 is 5.81. The van der Waals surface area contributed by atoms with E-state index in [1.54, 1.807) is 0 Å². The summed E-state index contributed by atoms with van der Waals surface area (Å²) in [6.45, 7) is 0.710. The average Bonchev–Trinajstić information content (AvgIpc) is 2.70. The van der Waals surface area contributed by atoms with Crippen molar-refractivity contribution in [3.63, 3.8) is 0 Å². The Labute approximate surface area is 61.7 Å². The third-order valence-electron chi connectivity index (χ3n) is 2.65. The first-order valence-corrected chi connectivity index (χ1v) is 4.23. The summed E-state index contributed by atoms with van der Waals surface area (Å²) in [4.78, 5) is 0. The summed E-state index contributed by atoms with van der Waals surface area (Å²) in [6, 6.07) is 0. The Kier molecular flexibility index (Phi) is 1.46. The van der Waals surface area contributed by atoms with Gasteiger partial charge in [-0.15, -0.1) is 0 Å². The Hall–Kier alpha value is -0.0800. The first-order chi connectivity index (χ1) is 4.85. The second-order valence-corrected chi connectivity index (χ2v) is 3.55. The van der Waals surface area contributed by atoms with Crippen molar-refractivity contribution in [3.8, 4) is 0 Å². The zero-order valence-electron chi connectivity index (χ0n) is 6.31. The molecule has 10 heavy (non-hydrogen) atoms. The largest absolute Gasteiger partial charge is 0.370 e. The van der Waals surface area contributed by atoms with E-state index in [0.29, 0.717) is 18.2 Å². The van der Waals surface area contributed by atoms with E-state index in [0.717, 1.165) is 0 Å². The van der Waals surface area contributed by atoms with E-state index in [2.05, 4.69) is 0 Å². The molecule has 0 radical (unpaired) electrons. The fourth-order valence-electron chi connectivity index (χ4n) is 1.80. The minimum absolute atomic E-state index is 0.322. The summed E-state index contributed by atoms with van der Waals surface area (Å²) in [5, 5.41) is 0. The van der Waals surface area contributed by atoms with Crippen LogP contribution in [0.1, 0.15) is 32.1 Å². The van der Waals surface area contributed by atoms with Crippen molar-refractivity contribution >= 4 is 0 Å². The summed E-state index contributed by atoms with van der Waals surface area (Å²) >= 11 is 0. The molecule has 58 valence electrons. The van der Waals surface area contributed by atoms with E-state index in [1.165, 1.54) is 32.1 Å². The van der Waals surface area contributed by atoms with Crippen molar-refractivity contribution in [1.82, 2.24) is 0 Å². The molecule has 2 rings (SSSR count). The predicted octanol–water partition coefficient (Wildman–Crippen LogP) is 1.05. The molecule has 1 aliphatic heterocycles. The lowest BCUT2D eigenvalue weighted by Crippen LogP contribution is -2.34. The normalized spacial score (nSPS) is 36.3. The molecule has 2 heteroatoms. The number of ether oxygens (including phenoxy) is 1. The SMILES string of the molecule is NCC1CCCC2(CC2)O1. The second-order valence-electron chi connectivity index (χ2n) is 3.55. The van der Waals surface area contributed by atoms with E-state index >= 15 is 0 Å². The number of nitrogens with two attached hydrogens (primary N) is 1. The third-order valence-corrected chi connectivity index (χ3v) is 2.65. The van der Waals surface area contributed by atoms with Gasteiger partial charge in [0.2, 0.25) is 0 Å². The molecule has 1 saturated heterocycles. The second kappa shape index (κ2) is 2.21. The zero-order valence-corrected chi connectivity index (χ0v) is 6.31. The molecule has 0 bridgehead atoms.